The molecule has 0 aliphatic heterocycles. The number of halogens is 1. The number of nitrogens with one attached hydrogen (secondary N) is 2. The van der Waals surface area contributed by atoms with Crippen molar-refractivity contribution in [3.8, 4) is 0 Å². The molecule has 2 aromatic rings. The van der Waals surface area contributed by atoms with E-state index < -0.39 is 6.04 Å². The molecule has 2 N–H and O–H groups in total. The van der Waals surface area contributed by atoms with Crippen LogP contribution < -0.4 is 10.6 Å². The van der Waals surface area contributed by atoms with Gasteiger partial charge in [-0.05, 0) is 42.3 Å². The van der Waals surface area contributed by atoms with E-state index in [2.05, 4.69) is 10.6 Å². The van der Waals surface area contributed by atoms with Gasteiger partial charge in [0.05, 0.1) is 12.8 Å². The third-order valence-corrected chi connectivity index (χ3v) is 3.61. The Morgan fingerprint density at radius 2 is 1.87 bits per heavy atom. The summed E-state index contributed by atoms with van der Waals surface area (Å²) in [7, 11) is 0. The molecule has 0 fully saturated rings. The van der Waals surface area contributed by atoms with Crippen LogP contribution in [-0.4, -0.2) is 17.9 Å². The summed E-state index contributed by atoms with van der Waals surface area (Å²) in [6.07, 6.45) is 1.55. The normalized spacial score (nSPS) is 12.0. The molecule has 0 aliphatic carbocycles. The quantitative estimate of drug-likeness (QED) is 0.853. The molecule has 1 aromatic heterocycles. The largest absolute Gasteiger partial charge is 0.467 e. The predicted octanol–water partition coefficient (Wildman–Crippen LogP) is 3.00. The number of benzene rings is 1. The first-order valence-electron chi connectivity index (χ1n) is 7.34. The average molecular weight is 335 g/mol. The Labute approximate surface area is 140 Å². The van der Waals surface area contributed by atoms with Crippen LogP contribution >= 0.6 is 11.6 Å². The summed E-state index contributed by atoms with van der Waals surface area (Å²) in [5.41, 5.74) is 0.457. The Kier molecular flexibility index (Phi) is 5.82. The van der Waals surface area contributed by atoms with Crippen LogP contribution in [0.2, 0.25) is 5.02 Å². The molecular weight excluding hydrogens is 316 g/mol. The number of hydrogen-bond donors (Lipinski definition) is 2. The van der Waals surface area contributed by atoms with Gasteiger partial charge in [0.1, 0.15) is 11.8 Å². The van der Waals surface area contributed by atoms with E-state index in [-0.39, 0.29) is 24.3 Å². The van der Waals surface area contributed by atoms with Crippen molar-refractivity contribution in [1.82, 2.24) is 10.6 Å². The van der Waals surface area contributed by atoms with Crippen molar-refractivity contribution in [2.45, 2.75) is 26.4 Å². The fourth-order valence-corrected chi connectivity index (χ4v) is 2.18. The topological polar surface area (TPSA) is 71.3 Å². The van der Waals surface area contributed by atoms with Crippen molar-refractivity contribution < 1.29 is 14.0 Å². The van der Waals surface area contributed by atoms with E-state index in [1.165, 1.54) is 0 Å². The fourth-order valence-electron chi connectivity index (χ4n) is 2.06. The molecule has 0 aliphatic rings. The molecule has 2 amide bonds. The van der Waals surface area contributed by atoms with Gasteiger partial charge in [0, 0.05) is 10.6 Å². The van der Waals surface area contributed by atoms with Crippen molar-refractivity contribution >= 4 is 23.4 Å². The van der Waals surface area contributed by atoms with Crippen LogP contribution in [-0.2, 0) is 11.3 Å². The SMILES string of the molecule is CC(C)[C@@H](NC(=O)c1ccc(Cl)cc1)C(=O)NCc1ccco1. The number of carbonyl (C=O) groups excluding carboxylic acids is 2. The first-order chi connectivity index (χ1) is 11.0. The van der Waals surface area contributed by atoms with E-state index in [0.717, 1.165) is 0 Å². The van der Waals surface area contributed by atoms with Crippen LogP contribution in [0.5, 0.6) is 0 Å². The number of furan rings is 1. The maximum Gasteiger partial charge on any atom is 0.251 e. The third kappa shape index (κ3) is 4.86. The highest BCUT2D eigenvalue weighted by molar-refractivity contribution is 6.30. The van der Waals surface area contributed by atoms with Crippen LogP contribution in [0.15, 0.2) is 47.1 Å². The molecule has 1 heterocycles. The van der Waals surface area contributed by atoms with Crippen LogP contribution in [0, 0.1) is 5.92 Å². The lowest BCUT2D eigenvalue weighted by Crippen LogP contribution is -2.49. The highest BCUT2D eigenvalue weighted by Gasteiger charge is 2.24. The van der Waals surface area contributed by atoms with Crippen LogP contribution in [0.1, 0.15) is 30.0 Å². The Balaban J connectivity index is 1.98. The maximum atomic E-state index is 12.3. The van der Waals surface area contributed by atoms with E-state index in [9.17, 15) is 9.59 Å². The second-order valence-electron chi connectivity index (χ2n) is 5.50. The molecule has 0 saturated heterocycles. The minimum atomic E-state index is -0.631. The smallest absolute Gasteiger partial charge is 0.251 e. The molecule has 2 rings (SSSR count). The number of hydrogen-bond acceptors (Lipinski definition) is 3. The van der Waals surface area contributed by atoms with Gasteiger partial charge in [-0.25, -0.2) is 0 Å². The number of rotatable bonds is 6. The lowest BCUT2D eigenvalue weighted by molar-refractivity contribution is -0.124. The van der Waals surface area contributed by atoms with Crippen molar-refractivity contribution in [3.63, 3.8) is 0 Å². The Morgan fingerprint density at radius 1 is 1.17 bits per heavy atom. The zero-order valence-corrected chi connectivity index (χ0v) is 13.8. The highest BCUT2D eigenvalue weighted by atomic mass is 35.5. The van der Waals surface area contributed by atoms with Gasteiger partial charge in [-0.2, -0.15) is 0 Å². The van der Waals surface area contributed by atoms with Crippen molar-refractivity contribution in [2.24, 2.45) is 5.92 Å². The second kappa shape index (κ2) is 7.83. The Hall–Kier alpha value is -2.27. The molecular formula is C17H19ClN2O3. The molecule has 0 bridgehead atoms. The first-order valence-corrected chi connectivity index (χ1v) is 7.71. The molecule has 0 radical (unpaired) electrons. The van der Waals surface area contributed by atoms with Gasteiger partial charge in [-0.1, -0.05) is 25.4 Å². The van der Waals surface area contributed by atoms with Gasteiger partial charge in [0.25, 0.3) is 5.91 Å². The van der Waals surface area contributed by atoms with E-state index in [0.29, 0.717) is 16.3 Å². The van der Waals surface area contributed by atoms with Gasteiger partial charge >= 0.3 is 0 Å². The van der Waals surface area contributed by atoms with Crippen molar-refractivity contribution in [2.75, 3.05) is 0 Å². The van der Waals surface area contributed by atoms with E-state index in [1.807, 2.05) is 13.8 Å². The molecule has 5 nitrogen and oxygen atoms in total. The second-order valence-corrected chi connectivity index (χ2v) is 5.94. The summed E-state index contributed by atoms with van der Waals surface area (Å²) < 4.78 is 5.17. The van der Waals surface area contributed by atoms with Crippen molar-refractivity contribution in [1.29, 1.82) is 0 Å². The van der Waals surface area contributed by atoms with Gasteiger partial charge < -0.3 is 15.1 Å². The maximum absolute atomic E-state index is 12.3. The summed E-state index contributed by atoms with van der Waals surface area (Å²) in [4.78, 5) is 24.6. The Morgan fingerprint density at radius 3 is 2.43 bits per heavy atom. The number of amides is 2. The fraction of sp³-hybridized carbons (Fsp3) is 0.294. The van der Waals surface area contributed by atoms with E-state index >= 15 is 0 Å². The zero-order chi connectivity index (χ0) is 16.8. The molecule has 1 aromatic carbocycles. The summed E-state index contributed by atoms with van der Waals surface area (Å²) in [6, 6.07) is 9.41. The van der Waals surface area contributed by atoms with E-state index in [4.69, 9.17) is 16.0 Å². The van der Waals surface area contributed by atoms with Gasteiger partial charge in [-0.15, -0.1) is 0 Å². The monoisotopic (exact) mass is 334 g/mol. The predicted molar refractivity (Wildman–Crippen MR) is 88.1 cm³/mol. The lowest BCUT2D eigenvalue weighted by atomic mass is 10.0. The molecule has 0 unspecified atom stereocenters. The lowest BCUT2D eigenvalue weighted by Gasteiger charge is -2.21. The van der Waals surface area contributed by atoms with Crippen LogP contribution in [0.3, 0.4) is 0 Å². The molecule has 0 saturated carbocycles. The third-order valence-electron chi connectivity index (χ3n) is 3.36. The first kappa shape index (κ1) is 17.1. The summed E-state index contributed by atoms with van der Waals surface area (Å²) in [6.45, 7) is 4.03. The average Bonchev–Trinajstić information content (AvgIpc) is 3.03. The number of carbonyl (C=O) groups is 2. The molecule has 122 valence electrons. The van der Waals surface area contributed by atoms with Gasteiger partial charge in [0.2, 0.25) is 5.91 Å². The minimum Gasteiger partial charge on any atom is -0.467 e. The van der Waals surface area contributed by atoms with Gasteiger partial charge in [-0.3, -0.25) is 9.59 Å². The molecule has 23 heavy (non-hydrogen) atoms. The van der Waals surface area contributed by atoms with Gasteiger partial charge in [0.15, 0.2) is 0 Å². The summed E-state index contributed by atoms with van der Waals surface area (Å²) in [5, 5.41) is 6.08. The minimum absolute atomic E-state index is 0.0529. The van der Waals surface area contributed by atoms with Crippen LogP contribution in [0.25, 0.3) is 0 Å². The standard InChI is InChI=1S/C17H19ClN2O3/c1-11(2)15(17(22)19-10-14-4-3-9-23-14)20-16(21)12-5-7-13(18)8-6-12/h3-9,11,15H,10H2,1-2H3,(H,19,22)(H,20,21)/t15-/m1/s1. The summed E-state index contributed by atoms with van der Waals surface area (Å²) in [5.74, 6) is 0.0416. The van der Waals surface area contributed by atoms with Crippen molar-refractivity contribution in [3.05, 3.63) is 59.0 Å². The van der Waals surface area contributed by atoms with E-state index in [1.54, 1.807) is 42.7 Å². The summed E-state index contributed by atoms with van der Waals surface area (Å²) >= 11 is 5.81. The highest BCUT2D eigenvalue weighted by Crippen LogP contribution is 2.11. The Bertz CT molecular complexity index is 651. The molecule has 6 heteroatoms. The van der Waals surface area contributed by atoms with Crippen LogP contribution in [0.4, 0.5) is 0 Å². The molecule has 0 spiro atoms. The molecule has 1 atom stereocenters. The zero-order valence-electron chi connectivity index (χ0n) is 13.0.